The molecular formula is C30H41FN6O3. The third-order valence-electron chi connectivity index (χ3n) is 7.38. The summed E-state index contributed by atoms with van der Waals surface area (Å²) in [6, 6.07) is 7.68. The van der Waals surface area contributed by atoms with Gasteiger partial charge in [0, 0.05) is 43.9 Å². The molecule has 3 heterocycles. The van der Waals surface area contributed by atoms with E-state index in [1.54, 1.807) is 20.1 Å². The average Bonchev–Trinajstić information content (AvgIpc) is 2.92. The van der Waals surface area contributed by atoms with Gasteiger partial charge in [0.15, 0.2) is 0 Å². The van der Waals surface area contributed by atoms with Gasteiger partial charge in [0.25, 0.3) is 0 Å². The molecule has 1 aromatic carbocycles. The minimum absolute atomic E-state index is 0.360. The number of pyridine rings is 1. The van der Waals surface area contributed by atoms with Gasteiger partial charge >= 0.3 is 5.97 Å². The van der Waals surface area contributed by atoms with Crippen molar-refractivity contribution in [1.82, 2.24) is 19.9 Å². The Hall–Kier alpha value is -3.37. The van der Waals surface area contributed by atoms with Gasteiger partial charge in [-0.25, -0.2) is 24.1 Å². The van der Waals surface area contributed by atoms with E-state index in [0.29, 0.717) is 42.1 Å². The molecule has 1 atom stereocenters. The number of aryl methyl sites for hydroxylation is 3. The van der Waals surface area contributed by atoms with E-state index < -0.39 is 17.8 Å². The van der Waals surface area contributed by atoms with Crippen molar-refractivity contribution in [3.8, 4) is 0 Å². The Morgan fingerprint density at radius 3 is 2.80 bits per heavy atom. The molecule has 0 radical (unpaired) electrons. The Bertz CT molecular complexity index is 1310. The molecule has 10 heteroatoms. The maximum Gasteiger partial charge on any atom is 0.326 e. The fourth-order valence-electron chi connectivity index (χ4n) is 5.09. The molecule has 0 saturated heterocycles. The number of fused-ring (bicyclic) bond motifs is 2. The normalized spacial score (nSPS) is 14.2. The number of nitrogens with one attached hydrogen (secondary N) is 2. The quantitative estimate of drug-likeness (QED) is 0.242. The Kier molecular flexibility index (Phi) is 9.86. The highest BCUT2D eigenvalue weighted by molar-refractivity contribution is 5.91. The number of carbonyl (C=O) groups is 1. The van der Waals surface area contributed by atoms with Crippen LogP contribution in [0, 0.1) is 12.7 Å². The Balaban J connectivity index is 1.38. The molecule has 0 amide bonds. The molecule has 40 heavy (non-hydrogen) atoms. The smallest absolute Gasteiger partial charge is 0.326 e. The van der Waals surface area contributed by atoms with Gasteiger partial charge in [-0.3, -0.25) is 0 Å². The SMILES string of the molecule is COC(C)(C)CN(CCCCc1ccc2c(n1)NCCC2)CC[C@H](Nc1nc(C)nc2cc(F)ccc12)C(=O)O. The van der Waals surface area contributed by atoms with Crippen molar-refractivity contribution in [1.29, 1.82) is 0 Å². The zero-order chi connectivity index (χ0) is 28.7. The molecule has 1 aliphatic rings. The summed E-state index contributed by atoms with van der Waals surface area (Å²) in [5.74, 6) is 0.491. The molecule has 1 aliphatic heterocycles. The predicted molar refractivity (Wildman–Crippen MR) is 155 cm³/mol. The number of methoxy groups -OCH3 is 1. The number of halogens is 1. The number of hydrogen-bond donors (Lipinski definition) is 3. The first-order valence-corrected chi connectivity index (χ1v) is 14.1. The standard InChI is InChI=1S/C30H41FN6O3/c1-20-33-26-18-22(31)11-13-24(26)28(34-20)36-25(29(38)39)14-17-37(19-30(2,3)40-4)16-6-5-9-23-12-10-21-8-7-15-32-27(21)35-23/h10-13,18,25H,5-9,14-17,19H2,1-4H3,(H,32,35)(H,38,39)(H,33,34,36)/t25-/m0/s1. The van der Waals surface area contributed by atoms with E-state index in [2.05, 4.69) is 37.6 Å². The van der Waals surface area contributed by atoms with Crippen LogP contribution >= 0.6 is 0 Å². The van der Waals surface area contributed by atoms with Gasteiger partial charge in [0.05, 0.1) is 11.1 Å². The molecule has 0 fully saturated rings. The van der Waals surface area contributed by atoms with E-state index in [1.165, 1.54) is 17.7 Å². The van der Waals surface area contributed by atoms with Crippen LogP contribution in [-0.2, 0) is 22.4 Å². The van der Waals surface area contributed by atoms with Crippen LogP contribution in [-0.4, -0.2) is 75.9 Å². The number of aromatic nitrogens is 3. The van der Waals surface area contributed by atoms with Gasteiger partial charge in [-0.05, 0) is 89.6 Å². The summed E-state index contributed by atoms with van der Waals surface area (Å²) >= 11 is 0. The molecular weight excluding hydrogens is 511 g/mol. The van der Waals surface area contributed by atoms with Gasteiger partial charge in [-0.2, -0.15) is 0 Å². The summed E-state index contributed by atoms with van der Waals surface area (Å²) in [7, 11) is 1.70. The lowest BCUT2D eigenvalue weighted by Crippen LogP contribution is -2.43. The summed E-state index contributed by atoms with van der Waals surface area (Å²) in [5.41, 5.74) is 2.45. The van der Waals surface area contributed by atoms with Crippen LogP contribution in [0.2, 0.25) is 0 Å². The maximum absolute atomic E-state index is 13.8. The number of hydrogen-bond acceptors (Lipinski definition) is 8. The highest BCUT2D eigenvalue weighted by Gasteiger charge is 2.25. The van der Waals surface area contributed by atoms with Crippen LogP contribution in [0.1, 0.15) is 56.6 Å². The second kappa shape index (κ2) is 13.3. The molecule has 2 aromatic heterocycles. The first-order chi connectivity index (χ1) is 19.1. The number of ether oxygens (including phenoxy) is 1. The molecule has 3 N–H and O–H groups in total. The molecule has 0 bridgehead atoms. The Morgan fingerprint density at radius 1 is 1.20 bits per heavy atom. The van der Waals surface area contributed by atoms with Crippen molar-refractivity contribution in [3.63, 3.8) is 0 Å². The number of carboxylic acid groups (broad SMARTS) is 1. The van der Waals surface area contributed by atoms with Crippen LogP contribution in [0.5, 0.6) is 0 Å². The monoisotopic (exact) mass is 552 g/mol. The third kappa shape index (κ3) is 8.08. The van der Waals surface area contributed by atoms with Crippen LogP contribution in [0.25, 0.3) is 10.9 Å². The predicted octanol–water partition coefficient (Wildman–Crippen LogP) is 4.84. The first-order valence-electron chi connectivity index (χ1n) is 14.1. The van der Waals surface area contributed by atoms with E-state index in [4.69, 9.17) is 9.72 Å². The molecule has 216 valence electrons. The van der Waals surface area contributed by atoms with Gasteiger partial charge < -0.3 is 25.4 Å². The van der Waals surface area contributed by atoms with Crippen LogP contribution in [0.15, 0.2) is 30.3 Å². The molecule has 0 saturated carbocycles. The Labute approximate surface area is 235 Å². The Morgan fingerprint density at radius 2 is 2.02 bits per heavy atom. The van der Waals surface area contributed by atoms with Crippen molar-refractivity contribution in [3.05, 3.63) is 53.2 Å². The second-order valence-electron chi connectivity index (χ2n) is 11.1. The van der Waals surface area contributed by atoms with E-state index in [1.807, 2.05) is 13.8 Å². The summed E-state index contributed by atoms with van der Waals surface area (Å²) in [6.07, 6.45) is 5.43. The van der Waals surface area contributed by atoms with Crippen molar-refractivity contribution in [2.75, 3.05) is 43.9 Å². The summed E-state index contributed by atoms with van der Waals surface area (Å²) in [5, 5.41) is 17.1. The molecule has 9 nitrogen and oxygen atoms in total. The van der Waals surface area contributed by atoms with E-state index in [-0.39, 0.29) is 5.60 Å². The summed E-state index contributed by atoms with van der Waals surface area (Å²) in [6.45, 7) is 8.80. The second-order valence-corrected chi connectivity index (χ2v) is 11.1. The number of aliphatic carboxylic acids is 1. The molecule has 4 rings (SSSR count). The van der Waals surface area contributed by atoms with Gasteiger partial charge in [-0.15, -0.1) is 0 Å². The minimum atomic E-state index is -0.968. The zero-order valence-corrected chi connectivity index (χ0v) is 24.0. The van der Waals surface area contributed by atoms with E-state index in [9.17, 15) is 14.3 Å². The average molecular weight is 553 g/mol. The molecule has 0 spiro atoms. The number of nitrogens with zero attached hydrogens (tertiary/aromatic N) is 4. The third-order valence-corrected chi connectivity index (χ3v) is 7.38. The highest BCUT2D eigenvalue weighted by atomic mass is 19.1. The van der Waals surface area contributed by atoms with Crippen LogP contribution < -0.4 is 10.6 Å². The van der Waals surface area contributed by atoms with Crippen molar-refractivity contribution < 1.29 is 19.0 Å². The minimum Gasteiger partial charge on any atom is -0.480 e. The summed E-state index contributed by atoms with van der Waals surface area (Å²) in [4.78, 5) is 28.0. The lowest BCUT2D eigenvalue weighted by atomic mass is 10.1. The number of rotatable bonds is 14. The molecule has 3 aromatic rings. The molecule has 0 aliphatic carbocycles. The molecule has 0 unspecified atom stereocenters. The van der Waals surface area contributed by atoms with E-state index >= 15 is 0 Å². The van der Waals surface area contributed by atoms with Crippen LogP contribution in [0.4, 0.5) is 16.0 Å². The lowest BCUT2D eigenvalue weighted by Gasteiger charge is -2.32. The van der Waals surface area contributed by atoms with Gasteiger partial charge in [-0.1, -0.05) is 6.07 Å². The van der Waals surface area contributed by atoms with Crippen molar-refractivity contribution in [2.45, 2.75) is 70.9 Å². The fourth-order valence-corrected chi connectivity index (χ4v) is 5.09. The van der Waals surface area contributed by atoms with Gasteiger partial charge in [0.1, 0.15) is 29.3 Å². The topological polar surface area (TPSA) is 113 Å². The maximum atomic E-state index is 13.8. The zero-order valence-electron chi connectivity index (χ0n) is 24.0. The lowest BCUT2D eigenvalue weighted by molar-refractivity contribution is -0.138. The van der Waals surface area contributed by atoms with Gasteiger partial charge in [0.2, 0.25) is 0 Å². The number of benzene rings is 1. The highest BCUT2D eigenvalue weighted by Crippen LogP contribution is 2.23. The largest absolute Gasteiger partial charge is 0.480 e. The van der Waals surface area contributed by atoms with E-state index in [0.717, 1.165) is 56.7 Å². The van der Waals surface area contributed by atoms with Crippen molar-refractivity contribution in [2.24, 2.45) is 0 Å². The number of unbranched alkanes of at least 4 members (excludes halogenated alkanes) is 1. The van der Waals surface area contributed by atoms with Crippen LogP contribution in [0.3, 0.4) is 0 Å². The number of anilines is 2. The number of carboxylic acids is 1. The fraction of sp³-hybridized carbons (Fsp3) is 0.533. The van der Waals surface area contributed by atoms with Crippen molar-refractivity contribution >= 4 is 28.5 Å². The first kappa shape index (κ1) is 29.6. The summed E-state index contributed by atoms with van der Waals surface area (Å²) < 4.78 is 19.4.